The lowest BCUT2D eigenvalue weighted by Crippen LogP contribution is -2.49. The first-order valence-corrected chi connectivity index (χ1v) is 9.57. The molecule has 0 radical (unpaired) electrons. The summed E-state index contributed by atoms with van der Waals surface area (Å²) in [4.78, 5) is 14.6. The summed E-state index contributed by atoms with van der Waals surface area (Å²) in [7, 11) is 0. The molecule has 1 aliphatic heterocycles. The molecule has 0 spiro atoms. The van der Waals surface area contributed by atoms with Crippen LogP contribution in [0, 0.1) is 20.8 Å². The molecule has 1 amide bonds. The second kappa shape index (κ2) is 7.72. The Morgan fingerprint density at radius 3 is 2.52 bits per heavy atom. The number of carbonyl (C=O) groups excluding carboxylic acids is 1. The molecular formula is C21H29N3O3. The van der Waals surface area contributed by atoms with Gasteiger partial charge in [0.25, 0.3) is 5.91 Å². The van der Waals surface area contributed by atoms with E-state index in [1.165, 1.54) is 11.1 Å². The highest BCUT2D eigenvalue weighted by molar-refractivity contribution is 5.95. The van der Waals surface area contributed by atoms with Crippen molar-refractivity contribution < 1.29 is 14.6 Å². The third-order valence-corrected chi connectivity index (χ3v) is 5.47. The van der Waals surface area contributed by atoms with Gasteiger partial charge in [0.15, 0.2) is 0 Å². The van der Waals surface area contributed by atoms with Crippen molar-refractivity contribution in [2.75, 3.05) is 19.7 Å². The van der Waals surface area contributed by atoms with Gasteiger partial charge in [-0.3, -0.25) is 9.48 Å². The fourth-order valence-electron chi connectivity index (χ4n) is 3.35. The number of ether oxygens (including phenoxy) is 1. The van der Waals surface area contributed by atoms with Crippen LogP contribution in [0.25, 0.3) is 0 Å². The van der Waals surface area contributed by atoms with Crippen LogP contribution < -0.4 is 4.74 Å². The van der Waals surface area contributed by atoms with Crippen LogP contribution in [0.4, 0.5) is 0 Å². The van der Waals surface area contributed by atoms with E-state index in [2.05, 4.69) is 12.0 Å². The largest absolute Gasteiger partial charge is 0.491 e. The fraction of sp³-hybridized carbons (Fsp3) is 0.524. The van der Waals surface area contributed by atoms with Crippen molar-refractivity contribution in [1.29, 1.82) is 0 Å². The molecular weight excluding hydrogens is 342 g/mol. The number of rotatable bonds is 5. The Labute approximate surface area is 160 Å². The molecule has 1 aromatic heterocycles. The van der Waals surface area contributed by atoms with Gasteiger partial charge in [-0.05, 0) is 63.8 Å². The molecule has 0 atom stereocenters. The number of hydrogen-bond donors (Lipinski definition) is 1. The second-order valence-corrected chi connectivity index (χ2v) is 7.54. The number of likely N-dealkylation sites (tertiary alicyclic amines) is 1. The standard InChI is InChI=1S/C21H29N3O3/c1-5-24-13-19(17(4)22-24)20(25)23-10-8-21(26,9-11-23)14-27-18-7-6-15(2)16(3)12-18/h6-7,12-13,26H,5,8-11,14H2,1-4H3. The van der Waals surface area contributed by atoms with Crippen molar-refractivity contribution in [2.24, 2.45) is 0 Å². The Kier molecular flexibility index (Phi) is 5.56. The van der Waals surface area contributed by atoms with Crippen molar-refractivity contribution in [3.05, 3.63) is 46.8 Å². The highest BCUT2D eigenvalue weighted by Crippen LogP contribution is 2.26. The third-order valence-electron chi connectivity index (χ3n) is 5.47. The molecule has 3 rings (SSSR count). The number of carbonyl (C=O) groups is 1. The first-order chi connectivity index (χ1) is 12.8. The van der Waals surface area contributed by atoms with E-state index in [1.54, 1.807) is 15.8 Å². The lowest BCUT2D eigenvalue weighted by molar-refractivity contribution is -0.0475. The van der Waals surface area contributed by atoms with Gasteiger partial charge in [0, 0.05) is 25.8 Å². The predicted octanol–water partition coefficient (Wildman–Crippen LogP) is 2.87. The van der Waals surface area contributed by atoms with Crippen LogP contribution in [0.5, 0.6) is 5.75 Å². The maximum atomic E-state index is 12.8. The molecule has 6 heteroatoms. The first-order valence-electron chi connectivity index (χ1n) is 9.57. The van der Waals surface area contributed by atoms with Crippen LogP contribution in [0.1, 0.15) is 46.9 Å². The predicted molar refractivity (Wildman–Crippen MR) is 104 cm³/mol. The molecule has 1 fully saturated rings. The number of aryl methyl sites for hydroxylation is 4. The quantitative estimate of drug-likeness (QED) is 0.878. The van der Waals surface area contributed by atoms with Gasteiger partial charge in [-0.2, -0.15) is 5.10 Å². The number of aliphatic hydroxyl groups is 1. The summed E-state index contributed by atoms with van der Waals surface area (Å²) in [6.07, 6.45) is 2.82. The Bertz CT molecular complexity index is 820. The molecule has 1 N–H and O–H groups in total. The van der Waals surface area contributed by atoms with Gasteiger partial charge in [0.1, 0.15) is 18.0 Å². The van der Waals surface area contributed by atoms with E-state index < -0.39 is 5.60 Å². The zero-order valence-electron chi connectivity index (χ0n) is 16.7. The third kappa shape index (κ3) is 4.33. The average molecular weight is 371 g/mol. The maximum Gasteiger partial charge on any atom is 0.257 e. The minimum absolute atomic E-state index is 0.00988. The number of benzene rings is 1. The van der Waals surface area contributed by atoms with E-state index in [-0.39, 0.29) is 12.5 Å². The number of aromatic nitrogens is 2. The molecule has 27 heavy (non-hydrogen) atoms. The van der Waals surface area contributed by atoms with Crippen LogP contribution in [0.15, 0.2) is 24.4 Å². The molecule has 1 aliphatic rings. The highest BCUT2D eigenvalue weighted by atomic mass is 16.5. The zero-order chi connectivity index (χ0) is 19.6. The fourth-order valence-corrected chi connectivity index (χ4v) is 3.35. The van der Waals surface area contributed by atoms with E-state index >= 15 is 0 Å². The van der Waals surface area contributed by atoms with E-state index in [0.29, 0.717) is 31.5 Å². The summed E-state index contributed by atoms with van der Waals surface area (Å²) in [6, 6.07) is 5.94. The molecule has 0 aliphatic carbocycles. The van der Waals surface area contributed by atoms with Gasteiger partial charge >= 0.3 is 0 Å². The lowest BCUT2D eigenvalue weighted by atomic mass is 9.92. The van der Waals surface area contributed by atoms with Crippen molar-refractivity contribution >= 4 is 5.91 Å². The topological polar surface area (TPSA) is 67.6 Å². The van der Waals surface area contributed by atoms with Gasteiger partial charge in [0.05, 0.1) is 11.3 Å². The van der Waals surface area contributed by atoms with Crippen LogP contribution >= 0.6 is 0 Å². The van der Waals surface area contributed by atoms with Gasteiger partial charge in [-0.15, -0.1) is 0 Å². The normalized spacial score (nSPS) is 16.4. The molecule has 146 valence electrons. The monoisotopic (exact) mass is 371 g/mol. The number of nitrogens with zero attached hydrogens (tertiary/aromatic N) is 3. The van der Waals surface area contributed by atoms with Crippen LogP contribution in [-0.4, -0.2) is 51.0 Å². The van der Waals surface area contributed by atoms with Crippen molar-refractivity contribution in [1.82, 2.24) is 14.7 Å². The highest BCUT2D eigenvalue weighted by Gasteiger charge is 2.35. The Morgan fingerprint density at radius 1 is 1.22 bits per heavy atom. The van der Waals surface area contributed by atoms with Crippen molar-refractivity contribution in [2.45, 2.75) is 52.7 Å². The van der Waals surface area contributed by atoms with E-state index in [9.17, 15) is 9.90 Å². The lowest BCUT2D eigenvalue weighted by Gasteiger charge is -2.37. The van der Waals surface area contributed by atoms with Gasteiger partial charge in [-0.25, -0.2) is 0 Å². The number of hydrogen-bond acceptors (Lipinski definition) is 4. The maximum absolute atomic E-state index is 12.8. The van der Waals surface area contributed by atoms with E-state index in [0.717, 1.165) is 18.0 Å². The Hall–Kier alpha value is -2.34. The average Bonchev–Trinajstić information content (AvgIpc) is 3.04. The molecule has 2 heterocycles. The molecule has 0 bridgehead atoms. The van der Waals surface area contributed by atoms with E-state index in [4.69, 9.17) is 4.74 Å². The SMILES string of the molecule is CCn1cc(C(=O)N2CCC(O)(COc3ccc(C)c(C)c3)CC2)c(C)n1. The second-order valence-electron chi connectivity index (χ2n) is 7.54. The summed E-state index contributed by atoms with van der Waals surface area (Å²) in [5, 5.41) is 15.2. The molecule has 2 aromatic rings. The summed E-state index contributed by atoms with van der Waals surface area (Å²) in [5.41, 5.74) is 2.88. The minimum Gasteiger partial charge on any atom is -0.491 e. The Morgan fingerprint density at radius 2 is 1.93 bits per heavy atom. The molecule has 0 unspecified atom stereocenters. The van der Waals surface area contributed by atoms with Crippen molar-refractivity contribution in [3.8, 4) is 5.75 Å². The molecule has 1 aromatic carbocycles. The van der Waals surface area contributed by atoms with Gasteiger partial charge in [0.2, 0.25) is 0 Å². The summed E-state index contributed by atoms with van der Waals surface area (Å²) >= 11 is 0. The van der Waals surface area contributed by atoms with Crippen LogP contribution in [0.3, 0.4) is 0 Å². The van der Waals surface area contributed by atoms with Crippen molar-refractivity contribution in [3.63, 3.8) is 0 Å². The summed E-state index contributed by atoms with van der Waals surface area (Å²) in [5.74, 6) is 0.761. The summed E-state index contributed by atoms with van der Waals surface area (Å²) < 4.78 is 7.61. The smallest absolute Gasteiger partial charge is 0.257 e. The number of amides is 1. The van der Waals surface area contributed by atoms with Crippen LogP contribution in [-0.2, 0) is 6.54 Å². The molecule has 6 nitrogen and oxygen atoms in total. The molecule has 1 saturated heterocycles. The minimum atomic E-state index is -0.905. The van der Waals surface area contributed by atoms with E-state index in [1.807, 2.05) is 39.0 Å². The first kappa shape index (κ1) is 19.4. The summed E-state index contributed by atoms with van der Waals surface area (Å²) in [6.45, 7) is 9.97. The van der Waals surface area contributed by atoms with Crippen LogP contribution in [0.2, 0.25) is 0 Å². The number of piperidine rings is 1. The molecule has 0 saturated carbocycles. The Balaban J connectivity index is 1.57. The zero-order valence-corrected chi connectivity index (χ0v) is 16.7. The van der Waals surface area contributed by atoms with Gasteiger partial charge in [-0.1, -0.05) is 6.07 Å². The van der Waals surface area contributed by atoms with Gasteiger partial charge < -0.3 is 14.7 Å².